The Morgan fingerprint density at radius 2 is 2.06 bits per heavy atom. The fourth-order valence-electron chi connectivity index (χ4n) is 2.53. The summed E-state index contributed by atoms with van der Waals surface area (Å²) in [5, 5.41) is 14.8. The lowest BCUT2D eigenvalue weighted by molar-refractivity contribution is -0.115. The first kappa shape index (κ1) is 22.4. The molecular formula is C20H14Br2N4O2S3. The number of carbonyl (C=O) groups is 1. The number of phenols is 1. The number of rotatable bonds is 6. The van der Waals surface area contributed by atoms with Gasteiger partial charge in [-0.2, -0.15) is 0 Å². The smallest absolute Gasteiger partial charge is 0.239 e. The standard InChI is InChI=1S/C20H14Br2N4O2S3/c1-10(18(28)26-19-23-4-5-29-19)30-20-25-15-3-2-12(8-16(15)31-20)24-9-11-6-13(21)17(27)14(22)7-11/h2-10,27H,1H3,(H,23,26,28)/t10-/m1/s1. The third-order valence-corrected chi connectivity index (χ3v) is 8.17. The third kappa shape index (κ3) is 5.53. The Labute approximate surface area is 207 Å². The molecule has 4 aromatic rings. The second-order valence-corrected chi connectivity index (χ2v) is 11.5. The number of phenolic OH excluding ortho intramolecular Hbond substituents is 1. The summed E-state index contributed by atoms with van der Waals surface area (Å²) in [6.07, 6.45) is 3.39. The van der Waals surface area contributed by atoms with Gasteiger partial charge in [-0.3, -0.25) is 9.79 Å². The summed E-state index contributed by atoms with van der Waals surface area (Å²) in [5.41, 5.74) is 2.51. The van der Waals surface area contributed by atoms with Crippen molar-refractivity contribution < 1.29 is 9.90 Å². The highest BCUT2D eigenvalue weighted by Crippen LogP contribution is 2.35. The predicted octanol–water partition coefficient (Wildman–Crippen LogP) is 6.85. The summed E-state index contributed by atoms with van der Waals surface area (Å²) in [7, 11) is 0. The van der Waals surface area contributed by atoms with E-state index in [4.69, 9.17) is 0 Å². The maximum atomic E-state index is 12.3. The Kier molecular flexibility index (Phi) is 7.07. The van der Waals surface area contributed by atoms with E-state index in [1.807, 2.05) is 30.5 Å². The number of fused-ring (bicyclic) bond motifs is 1. The average Bonchev–Trinajstić information content (AvgIpc) is 3.39. The van der Waals surface area contributed by atoms with Gasteiger partial charge in [0, 0.05) is 17.8 Å². The molecule has 2 heterocycles. The van der Waals surface area contributed by atoms with Crippen molar-refractivity contribution in [1.82, 2.24) is 9.97 Å². The first-order valence-corrected chi connectivity index (χ1v) is 13.0. The van der Waals surface area contributed by atoms with Crippen LogP contribution >= 0.6 is 66.3 Å². The summed E-state index contributed by atoms with van der Waals surface area (Å²) < 4.78 is 3.01. The van der Waals surface area contributed by atoms with Gasteiger partial charge in [0.05, 0.1) is 30.1 Å². The van der Waals surface area contributed by atoms with Gasteiger partial charge in [-0.1, -0.05) is 11.8 Å². The molecule has 6 nitrogen and oxygen atoms in total. The molecule has 0 unspecified atom stereocenters. The summed E-state index contributed by atoms with van der Waals surface area (Å²) in [4.78, 5) is 25.6. The van der Waals surface area contributed by atoms with E-state index < -0.39 is 0 Å². The van der Waals surface area contributed by atoms with Crippen molar-refractivity contribution in [3.05, 3.63) is 56.4 Å². The van der Waals surface area contributed by atoms with E-state index in [9.17, 15) is 9.90 Å². The van der Waals surface area contributed by atoms with Gasteiger partial charge in [-0.05, 0) is 74.7 Å². The van der Waals surface area contributed by atoms with Gasteiger partial charge in [0.25, 0.3) is 0 Å². The predicted molar refractivity (Wildman–Crippen MR) is 136 cm³/mol. The lowest BCUT2D eigenvalue weighted by atomic mass is 10.2. The second kappa shape index (κ2) is 9.78. The Hall–Kier alpha value is -1.79. The molecule has 4 rings (SSSR count). The molecule has 0 saturated carbocycles. The fraction of sp³-hybridized carbons (Fsp3) is 0.100. The highest BCUT2D eigenvalue weighted by molar-refractivity contribution is 9.11. The number of nitrogens with one attached hydrogen (secondary N) is 1. The molecule has 0 bridgehead atoms. The summed E-state index contributed by atoms with van der Waals surface area (Å²) >= 11 is 11.0. The van der Waals surface area contributed by atoms with E-state index in [0.29, 0.717) is 14.1 Å². The number of amides is 1. The summed E-state index contributed by atoms with van der Waals surface area (Å²) in [6.45, 7) is 1.85. The molecule has 0 saturated heterocycles. The van der Waals surface area contributed by atoms with Crippen LogP contribution < -0.4 is 5.32 Å². The van der Waals surface area contributed by atoms with Gasteiger partial charge in [-0.15, -0.1) is 22.7 Å². The number of carbonyl (C=O) groups excluding carboxylic acids is 1. The summed E-state index contributed by atoms with van der Waals surface area (Å²) in [5.74, 6) is 0.0542. The van der Waals surface area contributed by atoms with Crippen molar-refractivity contribution in [2.45, 2.75) is 16.5 Å². The van der Waals surface area contributed by atoms with Crippen LogP contribution in [-0.4, -0.2) is 32.4 Å². The monoisotopic (exact) mass is 596 g/mol. The number of hydrogen-bond donors (Lipinski definition) is 2. The van der Waals surface area contributed by atoms with Crippen LogP contribution in [0.3, 0.4) is 0 Å². The molecule has 158 valence electrons. The SMILES string of the molecule is C[C@@H](Sc1nc2ccc(N=Cc3cc(Br)c(O)c(Br)c3)cc2s1)C(=O)Nc1nccs1. The highest BCUT2D eigenvalue weighted by Gasteiger charge is 2.18. The molecule has 1 atom stereocenters. The highest BCUT2D eigenvalue weighted by atomic mass is 79.9. The molecule has 0 radical (unpaired) electrons. The number of thioether (sulfide) groups is 1. The Morgan fingerprint density at radius 1 is 1.29 bits per heavy atom. The maximum absolute atomic E-state index is 12.3. The minimum Gasteiger partial charge on any atom is -0.506 e. The first-order valence-electron chi connectivity index (χ1n) is 8.89. The fourth-order valence-corrected chi connectivity index (χ4v) is 6.53. The van der Waals surface area contributed by atoms with Crippen LogP contribution in [0.4, 0.5) is 10.8 Å². The van der Waals surface area contributed by atoms with Crippen molar-refractivity contribution in [3.63, 3.8) is 0 Å². The Morgan fingerprint density at radius 3 is 2.77 bits per heavy atom. The molecule has 2 aromatic heterocycles. The number of aliphatic imine (C=N–C) groups is 1. The largest absolute Gasteiger partial charge is 0.506 e. The van der Waals surface area contributed by atoms with Crippen LogP contribution in [0.5, 0.6) is 5.75 Å². The quantitative estimate of drug-likeness (QED) is 0.187. The first-order chi connectivity index (χ1) is 14.9. The normalized spacial score (nSPS) is 12.5. The molecule has 2 N–H and O–H groups in total. The van der Waals surface area contributed by atoms with E-state index >= 15 is 0 Å². The zero-order chi connectivity index (χ0) is 22.0. The molecule has 11 heteroatoms. The lowest BCUT2D eigenvalue weighted by Gasteiger charge is -2.07. The minimum atomic E-state index is -0.298. The number of thiazole rings is 2. The zero-order valence-electron chi connectivity index (χ0n) is 15.9. The van der Waals surface area contributed by atoms with Crippen LogP contribution in [0.1, 0.15) is 12.5 Å². The Balaban J connectivity index is 1.47. The molecule has 0 fully saturated rings. The van der Waals surface area contributed by atoms with Gasteiger partial charge < -0.3 is 10.4 Å². The molecule has 0 spiro atoms. The summed E-state index contributed by atoms with van der Waals surface area (Å²) in [6, 6.07) is 9.38. The van der Waals surface area contributed by atoms with E-state index in [1.165, 1.54) is 34.4 Å². The molecule has 0 aliphatic heterocycles. The van der Waals surface area contributed by atoms with Crippen molar-refractivity contribution in [1.29, 1.82) is 0 Å². The van der Waals surface area contributed by atoms with Crippen LogP contribution in [0.15, 0.2) is 60.2 Å². The number of benzene rings is 2. The third-order valence-electron chi connectivity index (χ3n) is 4.06. The second-order valence-electron chi connectivity index (χ2n) is 6.31. The van der Waals surface area contributed by atoms with Crippen LogP contribution in [-0.2, 0) is 4.79 Å². The Bertz CT molecular complexity index is 1250. The van der Waals surface area contributed by atoms with Crippen molar-refractivity contribution in [3.8, 4) is 5.75 Å². The van der Waals surface area contributed by atoms with Crippen molar-refractivity contribution >= 4 is 99.5 Å². The minimum absolute atomic E-state index is 0.101. The van der Waals surface area contributed by atoms with E-state index in [-0.39, 0.29) is 16.9 Å². The maximum Gasteiger partial charge on any atom is 0.239 e. The van der Waals surface area contributed by atoms with Crippen LogP contribution in [0.2, 0.25) is 0 Å². The van der Waals surface area contributed by atoms with Gasteiger partial charge in [0.1, 0.15) is 5.75 Å². The van der Waals surface area contributed by atoms with Gasteiger partial charge in [0.2, 0.25) is 5.91 Å². The van der Waals surface area contributed by atoms with Gasteiger partial charge in [-0.25, -0.2) is 9.97 Å². The number of aromatic nitrogens is 2. The van der Waals surface area contributed by atoms with Crippen molar-refractivity contribution in [2.75, 3.05) is 5.32 Å². The zero-order valence-corrected chi connectivity index (χ0v) is 21.5. The number of aromatic hydroxyl groups is 1. The molecule has 31 heavy (non-hydrogen) atoms. The molecule has 2 aromatic carbocycles. The average molecular weight is 598 g/mol. The number of nitrogens with zero attached hydrogens (tertiary/aromatic N) is 3. The topological polar surface area (TPSA) is 87.5 Å². The van der Waals surface area contributed by atoms with Gasteiger partial charge in [0.15, 0.2) is 9.47 Å². The number of hydrogen-bond acceptors (Lipinski definition) is 8. The molecular weight excluding hydrogens is 584 g/mol. The van der Waals surface area contributed by atoms with E-state index in [0.717, 1.165) is 25.8 Å². The molecule has 0 aliphatic rings. The molecule has 0 aliphatic carbocycles. The van der Waals surface area contributed by atoms with E-state index in [1.54, 1.807) is 24.5 Å². The molecule has 1 amide bonds. The van der Waals surface area contributed by atoms with E-state index in [2.05, 4.69) is 52.1 Å². The van der Waals surface area contributed by atoms with Crippen molar-refractivity contribution in [2.24, 2.45) is 4.99 Å². The lowest BCUT2D eigenvalue weighted by Crippen LogP contribution is -2.22. The number of anilines is 1. The van der Waals surface area contributed by atoms with Crippen LogP contribution in [0.25, 0.3) is 10.2 Å². The van der Waals surface area contributed by atoms with Crippen LogP contribution in [0, 0.1) is 0 Å². The van der Waals surface area contributed by atoms with Gasteiger partial charge >= 0.3 is 0 Å². The number of halogens is 2.